The maximum Gasteiger partial charge on any atom is 0.264 e. The molecular weight excluding hydrogens is 574 g/mol. The van der Waals surface area contributed by atoms with Gasteiger partial charge in [-0.3, -0.25) is 14.4 Å². The lowest BCUT2D eigenvalue weighted by Gasteiger charge is -2.37. The Hall–Kier alpha value is -3.31. The maximum absolute atomic E-state index is 14.5. The average Bonchev–Trinajstić information content (AvgIpc) is 3.42. The Balaban J connectivity index is 1.38. The summed E-state index contributed by atoms with van der Waals surface area (Å²) in [6.07, 6.45) is 3.78. The van der Waals surface area contributed by atoms with Crippen LogP contribution in [0.3, 0.4) is 0 Å². The van der Waals surface area contributed by atoms with Crippen LogP contribution in [-0.2, 0) is 37.7 Å². The van der Waals surface area contributed by atoms with Gasteiger partial charge in [0, 0.05) is 48.8 Å². The largest absolute Gasteiger partial charge is 0.432 e. The highest BCUT2D eigenvalue weighted by molar-refractivity contribution is 6.71. The number of carbonyl (C=O) groups is 3. The van der Waals surface area contributed by atoms with E-state index in [1.165, 1.54) is 0 Å². The molecule has 6 rings (SSSR count). The summed E-state index contributed by atoms with van der Waals surface area (Å²) >= 11 is 0. The molecule has 0 radical (unpaired) electrons. The molecule has 234 valence electrons. The first-order valence-electron chi connectivity index (χ1n) is 15.8. The summed E-state index contributed by atoms with van der Waals surface area (Å²) in [5.41, 5.74) is 2.44. The molecule has 0 saturated carbocycles. The van der Waals surface area contributed by atoms with Crippen LogP contribution in [-0.4, -0.2) is 72.7 Å². The van der Waals surface area contributed by atoms with Crippen LogP contribution in [0, 0.1) is 5.92 Å². The Bertz CT molecular complexity index is 1490. The van der Waals surface area contributed by atoms with E-state index in [1.807, 2.05) is 62.5 Å². The second kappa shape index (κ2) is 11.6. The number of anilines is 2. The summed E-state index contributed by atoms with van der Waals surface area (Å²) < 4.78 is 6.88. The fourth-order valence-electron chi connectivity index (χ4n) is 8.15. The fourth-order valence-corrected chi connectivity index (χ4v) is 10.7. The van der Waals surface area contributed by atoms with Crippen molar-refractivity contribution in [2.75, 3.05) is 29.5 Å². The number of piperidine rings is 1. The molecular formula is C34H43N3O6Si. The third-order valence-corrected chi connectivity index (χ3v) is 12.7. The lowest BCUT2D eigenvalue weighted by Crippen LogP contribution is -2.48. The smallest absolute Gasteiger partial charge is 0.264 e. The summed E-state index contributed by atoms with van der Waals surface area (Å²) in [4.78, 5) is 58.2. The summed E-state index contributed by atoms with van der Waals surface area (Å²) in [6, 6.07) is 13.3. The van der Waals surface area contributed by atoms with Crippen molar-refractivity contribution in [3.05, 3.63) is 71.8 Å². The molecule has 2 aromatic carbocycles. The number of nitrogens with zero attached hydrogens (tertiary/aromatic N) is 3. The SMILES string of the molecule is C=CCN1C(=O)[C@@]2(O[C@@H](CC(=O)N3Cc4ccccc4C[C@H]3CO)[C@H]([Si](C)(C)O)[C@H]2C)c2cc(N3CCCCC3=O)ccc21. The predicted octanol–water partition coefficient (Wildman–Crippen LogP) is 3.87. The maximum atomic E-state index is 14.5. The quantitative estimate of drug-likeness (QED) is 0.361. The zero-order chi connectivity index (χ0) is 31.4. The second-order valence-electron chi connectivity index (χ2n) is 13.3. The van der Waals surface area contributed by atoms with Crippen LogP contribution in [0.2, 0.25) is 18.6 Å². The first-order valence-corrected chi connectivity index (χ1v) is 18.8. The number of benzene rings is 2. The van der Waals surface area contributed by atoms with Crippen LogP contribution >= 0.6 is 0 Å². The van der Waals surface area contributed by atoms with E-state index in [1.54, 1.807) is 20.8 Å². The van der Waals surface area contributed by atoms with Gasteiger partial charge in [0.1, 0.15) is 0 Å². The molecule has 9 nitrogen and oxygen atoms in total. The molecule has 5 atom stereocenters. The minimum absolute atomic E-state index is 0.0131. The Morgan fingerprint density at radius 1 is 1.16 bits per heavy atom. The van der Waals surface area contributed by atoms with Crippen molar-refractivity contribution in [1.82, 2.24) is 4.90 Å². The number of ether oxygens (including phenoxy) is 1. The van der Waals surface area contributed by atoms with Gasteiger partial charge in [-0.05, 0) is 61.7 Å². The van der Waals surface area contributed by atoms with Gasteiger partial charge >= 0.3 is 0 Å². The van der Waals surface area contributed by atoms with Gasteiger partial charge in [0.25, 0.3) is 5.91 Å². The van der Waals surface area contributed by atoms with Gasteiger partial charge in [-0.25, -0.2) is 0 Å². The minimum atomic E-state index is -2.99. The van der Waals surface area contributed by atoms with E-state index in [4.69, 9.17) is 4.74 Å². The zero-order valence-corrected chi connectivity index (χ0v) is 26.9. The molecule has 2 N–H and O–H groups in total. The molecule has 0 bridgehead atoms. The van der Waals surface area contributed by atoms with Crippen molar-refractivity contribution in [2.45, 2.75) is 82.0 Å². The normalized spacial score (nSPS) is 28.4. The molecule has 44 heavy (non-hydrogen) atoms. The standard InChI is InChI=1S/C34H43N3O6Si/c1-5-15-36-28-14-13-25(35-16-9-8-12-30(35)39)18-27(28)34(33(36)41)22(2)32(44(3,4)42)29(43-34)19-31(40)37-20-24-11-7-6-10-23(24)17-26(37)21-38/h5-7,10-11,13-14,18,22,26,29,32,38,42H,1,8-9,12,15-17,19-21H2,2-4H3/t22-,26+,29+,32-,34+/m1/s1. The number of hydrogen-bond donors (Lipinski definition) is 2. The molecule has 3 amide bonds. The number of carbonyl (C=O) groups excluding carboxylic acids is 3. The second-order valence-corrected chi connectivity index (χ2v) is 17.3. The number of fused-ring (bicyclic) bond motifs is 3. The Morgan fingerprint density at radius 3 is 2.59 bits per heavy atom. The van der Waals surface area contributed by atoms with Gasteiger partial charge in [-0.1, -0.05) is 37.3 Å². The van der Waals surface area contributed by atoms with Crippen LogP contribution in [0.25, 0.3) is 0 Å². The molecule has 4 aliphatic rings. The summed E-state index contributed by atoms with van der Waals surface area (Å²) in [6.45, 7) is 10.6. The summed E-state index contributed by atoms with van der Waals surface area (Å²) in [7, 11) is -2.99. The number of aliphatic hydroxyl groups excluding tert-OH is 1. The van der Waals surface area contributed by atoms with Gasteiger partial charge in [-0.2, -0.15) is 0 Å². The van der Waals surface area contributed by atoms with Crippen molar-refractivity contribution in [3.63, 3.8) is 0 Å². The number of rotatable bonds is 7. The molecule has 1 spiro atoms. The highest BCUT2D eigenvalue weighted by Gasteiger charge is 2.66. The van der Waals surface area contributed by atoms with Crippen molar-refractivity contribution >= 4 is 37.4 Å². The molecule has 0 aromatic heterocycles. The van der Waals surface area contributed by atoms with E-state index in [0.29, 0.717) is 37.2 Å². The highest BCUT2D eigenvalue weighted by atomic mass is 28.4. The Labute approximate surface area is 260 Å². The van der Waals surface area contributed by atoms with Gasteiger partial charge in [0.05, 0.1) is 30.9 Å². The average molecular weight is 618 g/mol. The van der Waals surface area contributed by atoms with E-state index in [0.717, 1.165) is 29.7 Å². The van der Waals surface area contributed by atoms with Crippen LogP contribution < -0.4 is 9.80 Å². The van der Waals surface area contributed by atoms with Crippen molar-refractivity contribution < 1.29 is 29.0 Å². The Morgan fingerprint density at radius 2 is 1.91 bits per heavy atom. The molecule has 0 unspecified atom stereocenters. The summed E-state index contributed by atoms with van der Waals surface area (Å²) in [5.74, 6) is -0.779. The molecule has 0 aliphatic carbocycles. The zero-order valence-electron chi connectivity index (χ0n) is 25.9. The first kappa shape index (κ1) is 30.7. The van der Waals surface area contributed by atoms with E-state index in [2.05, 4.69) is 6.58 Å². The van der Waals surface area contributed by atoms with E-state index in [-0.39, 0.29) is 43.3 Å². The number of aliphatic hydroxyl groups is 1. The third-order valence-electron chi connectivity index (χ3n) is 10.2. The lowest BCUT2D eigenvalue weighted by molar-refractivity contribution is -0.150. The van der Waals surface area contributed by atoms with Crippen molar-refractivity contribution in [2.24, 2.45) is 5.92 Å². The molecule has 2 aromatic rings. The Kier molecular flexibility index (Phi) is 8.07. The van der Waals surface area contributed by atoms with Gasteiger partial charge < -0.3 is 29.3 Å². The molecule has 2 fully saturated rings. The van der Waals surface area contributed by atoms with Gasteiger partial charge in [0.2, 0.25) is 11.8 Å². The third kappa shape index (κ3) is 4.92. The van der Waals surface area contributed by atoms with Crippen molar-refractivity contribution in [1.29, 1.82) is 0 Å². The first-order chi connectivity index (χ1) is 21.0. The van der Waals surface area contributed by atoms with E-state index < -0.39 is 31.5 Å². The number of hydrogen-bond acceptors (Lipinski definition) is 6. The van der Waals surface area contributed by atoms with E-state index in [9.17, 15) is 24.3 Å². The van der Waals surface area contributed by atoms with Crippen LogP contribution in [0.15, 0.2) is 55.1 Å². The molecule has 4 aliphatic heterocycles. The van der Waals surface area contributed by atoms with Crippen LogP contribution in [0.1, 0.15) is 49.3 Å². The minimum Gasteiger partial charge on any atom is -0.432 e. The van der Waals surface area contributed by atoms with Crippen LogP contribution in [0.5, 0.6) is 0 Å². The van der Waals surface area contributed by atoms with Gasteiger partial charge in [-0.15, -0.1) is 6.58 Å². The molecule has 10 heteroatoms. The molecule has 2 saturated heterocycles. The highest BCUT2D eigenvalue weighted by Crippen LogP contribution is 2.60. The monoisotopic (exact) mass is 617 g/mol. The fraction of sp³-hybridized carbons (Fsp3) is 0.500. The molecule has 4 heterocycles. The number of amides is 3. The van der Waals surface area contributed by atoms with Crippen LogP contribution in [0.4, 0.5) is 11.4 Å². The predicted molar refractivity (Wildman–Crippen MR) is 171 cm³/mol. The van der Waals surface area contributed by atoms with Crippen molar-refractivity contribution in [3.8, 4) is 0 Å². The van der Waals surface area contributed by atoms with Gasteiger partial charge in [0.15, 0.2) is 13.9 Å². The van der Waals surface area contributed by atoms with E-state index >= 15 is 0 Å². The topological polar surface area (TPSA) is 111 Å². The summed E-state index contributed by atoms with van der Waals surface area (Å²) in [5, 5.41) is 10.2. The lowest BCUT2D eigenvalue weighted by atomic mass is 9.82.